The normalized spacial score (nSPS) is 10.5. The highest BCUT2D eigenvalue weighted by atomic mass is 32.1. The summed E-state index contributed by atoms with van der Waals surface area (Å²) in [5.41, 5.74) is 2.44. The van der Waals surface area contributed by atoms with Crippen LogP contribution in [0.1, 0.15) is 17.4 Å². The van der Waals surface area contributed by atoms with Crippen molar-refractivity contribution in [3.63, 3.8) is 0 Å². The number of rotatable bonds is 4. The van der Waals surface area contributed by atoms with Crippen molar-refractivity contribution in [2.24, 2.45) is 0 Å². The van der Waals surface area contributed by atoms with Crippen LogP contribution in [-0.2, 0) is 13.0 Å². The zero-order chi connectivity index (χ0) is 12.3. The molecule has 0 unspecified atom stereocenters. The SMILES string of the molecule is CCc1ccc(N(C)c2ncc(CO)s2)cc1. The number of aliphatic hydroxyl groups excluding tert-OH is 1. The molecule has 90 valence electrons. The fourth-order valence-electron chi connectivity index (χ4n) is 1.59. The van der Waals surface area contributed by atoms with Crippen molar-refractivity contribution >= 4 is 22.2 Å². The molecule has 1 heterocycles. The van der Waals surface area contributed by atoms with Crippen molar-refractivity contribution in [3.05, 3.63) is 40.9 Å². The Kier molecular flexibility index (Phi) is 3.76. The van der Waals surface area contributed by atoms with E-state index in [9.17, 15) is 0 Å². The molecular weight excluding hydrogens is 232 g/mol. The van der Waals surface area contributed by atoms with Crippen LogP contribution in [0.5, 0.6) is 0 Å². The van der Waals surface area contributed by atoms with Gasteiger partial charge in [0.1, 0.15) is 0 Å². The zero-order valence-corrected chi connectivity index (χ0v) is 10.9. The predicted molar refractivity (Wildman–Crippen MR) is 71.9 cm³/mol. The van der Waals surface area contributed by atoms with Crippen molar-refractivity contribution in [1.29, 1.82) is 0 Å². The Balaban J connectivity index is 2.20. The molecule has 0 saturated carbocycles. The maximum atomic E-state index is 9.02. The Morgan fingerprint density at radius 3 is 2.53 bits per heavy atom. The second kappa shape index (κ2) is 5.29. The minimum Gasteiger partial charge on any atom is -0.391 e. The molecule has 0 atom stereocenters. The summed E-state index contributed by atoms with van der Waals surface area (Å²) in [6.07, 6.45) is 2.77. The third-order valence-corrected chi connectivity index (χ3v) is 3.77. The van der Waals surface area contributed by atoms with Gasteiger partial charge in [0, 0.05) is 18.9 Å². The average Bonchev–Trinajstić information content (AvgIpc) is 2.87. The zero-order valence-electron chi connectivity index (χ0n) is 10.1. The molecule has 0 aliphatic carbocycles. The van der Waals surface area contributed by atoms with Crippen LogP contribution in [0.25, 0.3) is 0 Å². The first kappa shape index (κ1) is 12.1. The Bertz CT molecular complexity index is 478. The Morgan fingerprint density at radius 1 is 1.29 bits per heavy atom. The number of aryl methyl sites for hydroxylation is 1. The summed E-state index contributed by atoms with van der Waals surface area (Å²) in [4.78, 5) is 7.21. The van der Waals surface area contributed by atoms with Crippen LogP contribution in [0.3, 0.4) is 0 Å². The van der Waals surface area contributed by atoms with Crippen molar-refractivity contribution in [1.82, 2.24) is 4.98 Å². The Hall–Kier alpha value is -1.39. The van der Waals surface area contributed by atoms with Gasteiger partial charge in [0.15, 0.2) is 5.13 Å². The fraction of sp³-hybridized carbons (Fsp3) is 0.308. The van der Waals surface area contributed by atoms with Gasteiger partial charge in [0.25, 0.3) is 0 Å². The standard InChI is InChI=1S/C13H16N2OS/c1-3-10-4-6-11(7-5-10)15(2)13-14-8-12(9-16)17-13/h4-8,16H,3,9H2,1-2H3. The van der Waals surface area contributed by atoms with Gasteiger partial charge in [-0.05, 0) is 24.1 Å². The average molecular weight is 248 g/mol. The first-order valence-corrected chi connectivity index (χ1v) is 6.44. The topological polar surface area (TPSA) is 36.4 Å². The number of thiazole rings is 1. The van der Waals surface area contributed by atoms with E-state index in [1.807, 2.05) is 11.9 Å². The van der Waals surface area contributed by atoms with Gasteiger partial charge in [-0.15, -0.1) is 0 Å². The number of aromatic nitrogens is 1. The number of benzene rings is 1. The summed E-state index contributed by atoms with van der Waals surface area (Å²) in [6.45, 7) is 2.20. The second-order valence-electron chi connectivity index (χ2n) is 3.85. The van der Waals surface area contributed by atoms with Gasteiger partial charge < -0.3 is 10.0 Å². The molecule has 1 aromatic heterocycles. The third kappa shape index (κ3) is 2.65. The molecule has 1 N–H and O–H groups in total. The molecule has 0 aliphatic rings. The molecule has 0 amide bonds. The number of anilines is 2. The molecule has 17 heavy (non-hydrogen) atoms. The van der Waals surface area contributed by atoms with Crippen LogP contribution in [0.2, 0.25) is 0 Å². The molecule has 4 heteroatoms. The van der Waals surface area contributed by atoms with Gasteiger partial charge in [-0.1, -0.05) is 30.4 Å². The van der Waals surface area contributed by atoms with Gasteiger partial charge >= 0.3 is 0 Å². The molecule has 0 bridgehead atoms. The molecule has 0 fully saturated rings. The van der Waals surface area contributed by atoms with Crippen LogP contribution < -0.4 is 4.90 Å². The second-order valence-corrected chi connectivity index (χ2v) is 4.94. The number of hydrogen-bond donors (Lipinski definition) is 1. The van der Waals surface area contributed by atoms with Crippen molar-refractivity contribution in [3.8, 4) is 0 Å². The lowest BCUT2D eigenvalue weighted by Crippen LogP contribution is -2.08. The highest BCUT2D eigenvalue weighted by Gasteiger charge is 2.08. The molecule has 0 saturated heterocycles. The van der Waals surface area contributed by atoms with E-state index in [0.717, 1.165) is 22.1 Å². The maximum Gasteiger partial charge on any atom is 0.189 e. The van der Waals surface area contributed by atoms with Crippen molar-refractivity contribution < 1.29 is 5.11 Å². The van der Waals surface area contributed by atoms with Crippen LogP contribution in [0.4, 0.5) is 10.8 Å². The van der Waals surface area contributed by atoms with Crippen LogP contribution in [0.15, 0.2) is 30.5 Å². The number of nitrogens with zero attached hydrogens (tertiary/aromatic N) is 2. The summed E-state index contributed by atoms with van der Waals surface area (Å²) < 4.78 is 0. The van der Waals surface area contributed by atoms with E-state index in [-0.39, 0.29) is 6.61 Å². The van der Waals surface area contributed by atoms with E-state index in [1.54, 1.807) is 6.20 Å². The maximum absolute atomic E-state index is 9.02. The molecule has 0 aliphatic heterocycles. The van der Waals surface area contributed by atoms with E-state index >= 15 is 0 Å². The molecular formula is C13H16N2OS. The van der Waals surface area contributed by atoms with E-state index in [4.69, 9.17) is 5.11 Å². The third-order valence-electron chi connectivity index (χ3n) is 2.72. The monoisotopic (exact) mass is 248 g/mol. The lowest BCUT2D eigenvalue weighted by molar-refractivity contribution is 0.285. The van der Waals surface area contributed by atoms with E-state index in [2.05, 4.69) is 36.2 Å². The smallest absolute Gasteiger partial charge is 0.189 e. The minimum atomic E-state index is 0.0558. The van der Waals surface area contributed by atoms with E-state index in [0.29, 0.717) is 0 Å². The molecule has 0 spiro atoms. The molecule has 2 rings (SSSR count). The van der Waals surface area contributed by atoms with Crippen molar-refractivity contribution in [2.75, 3.05) is 11.9 Å². The first-order chi connectivity index (χ1) is 8.24. The van der Waals surface area contributed by atoms with E-state index < -0.39 is 0 Å². The van der Waals surface area contributed by atoms with Gasteiger partial charge in [0.05, 0.1) is 11.5 Å². The molecule has 0 radical (unpaired) electrons. The van der Waals surface area contributed by atoms with Gasteiger partial charge in [-0.3, -0.25) is 0 Å². The lowest BCUT2D eigenvalue weighted by atomic mass is 10.1. The van der Waals surface area contributed by atoms with Gasteiger partial charge in [-0.25, -0.2) is 4.98 Å². The predicted octanol–water partition coefficient (Wildman–Crippen LogP) is 2.97. The number of hydrogen-bond acceptors (Lipinski definition) is 4. The largest absolute Gasteiger partial charge is 0.391 e. The summed E-state index contributed by atoms with van der Waals surface area (Å²) in [5.74, 6) is 0. The summed E-state index contributed by atoms with van der Waals surface area (Å²) >= 11 is 1.51. The molecule has 3 nitrogen and oxygen atoms in total. The van der Waals surface area contributed by atoms with Crippen LogP contribution in [0, 0.1) is 0 Å². The van der Waals surface area contributed by atoms with Gasteiger partial charge in [0.2, 0.25) is 0 Å². The first-order valence-electron chi connectivity index (χ1n) is 5.62. The van der Waals surface area contributed by atoms with E-state index in [1.165, 1.54) is 16.9 Å². The molecule has 2 aromatic rings. The Labute approximate surface area is 105 Å². The quantitative estimate of drug-likeness (QED) is 0.903. The number of aliphatic hydroxyl groups is 1. The summed E-state index contributed by atoms with van der Waals surface area (Å²) in [7, 11) is 1.99. The Morgan fingerprint density at radius 2 is 2.00 bits per heavy atom. The highest BCUT2D eigenvalue weighted by molar-refractivity contribution is 7.15. The molecule has 1 aromatic carbocycles. The van der Waals surface area contributed by atoms with Crippen LogP contribution in [-0.4, -0.2) is 17.1 Å². The summed E-state index contributed by atoms with van der Waals surface area (Å²) in [5, 5.41) is 9.92. The van der Waals surface area contributed by atoms with Gasteiger partial charge in [-0.2, -0.15) is 0 Å². The fourth-order valence-corrected chi connectivity index (χ4v) is 2.34. The van der Waals surface area contributed by atoms with Crippen molar-refractivity contribution in [2.45, 2.75) is 20.0 Å². The lowest BCUT2D eigenvalue weighted by Gasteiger charge is -2.16. The minimum absolute atomic E-state index is 0.0558. The van der Waals surface area contributed by atoms with Crippen LogP contribution >= 0.6 is 11.3 Å². The highest BCUT2D eigenvalue weighted by Crippen LogP contribution is 2.28. The summed E-state index contributed by atoms with van der Waals surface area (Å²) in [6, 6.07) is 8.45.